The van der Waals surface area contributed by atoms with Crippen molar-refractivity contribution in [3.8, 4) is 12.3 Å². The zero-order valence-electron chi connectivity index (χ0n) is 6.83. The average Bonchev–Trinajstić information content (AvgIpc) is 2.77. The molecule has 1 aromatic rings. The summed E-state index contributed by atoms with van der Waals surface area (Å²) in [7, 11) is 0. The Labute approximate surface area is 71.9 Å². The fraction of sp³-hybridized carbons (Fsp3) is 0.300. The smallest absolute Gasteiger partial charge is 0.0592 e. The van der Waals surface area contributed by atoms with E-state index in [4.69, 9.17) is 6.42 Å². The Morgan fingerprint density at radius 3 is 2.92 bits per heavy atom. The molecule has 12 heavy (non-hydrogen) atoms. The first kappa shape index (κ1) is 7.17. The Hall–Kier alpha value is -1.49. The molecule has 0 unspecified atom stereocenters. The van der Waals surface area contributed by atoms with Gasteiger partial charge >= 0.3 is 0 Å². The quantitative estimate of drug-likeness (QED) is 0.598. The predicted octanol–water partition coefficient (Wildman–Crippen LogP) is 1.65. The highest BCUT2D eigenvalue weighted by Gasteiger charge is 2.43. The van der Waals surface area contributed by atoms with Gasteiger partial charge in [-0.25, -0.2) is 4.68 Å². The van der Waals surface area contributed by atoms with E-state index in [0.717, 1.165) is 18.4 Å². The van der Waals surface area contributed by atoms with E-state index in [2.05, 4.69) is 17.6 Å². The first-order valence-electron chi connectivity index (χ1n) is 3.96. The molecule has 0 amide bonds. The van der Waals surface area contributed by atoms with Gasteiger partial charge in [-0.1, -0.05) is 12.5 Å². The van der Waals surface area contributed by atoms with Crippen LogP contribution in [0, 0.1) is 12.3 Å². The second-order valence-electron chi connectivity index (χ2n) is 3.12. The number of hydrogen-bond donors (Lipinski definition) is 0. The molecule has 0 bridgehead atoms. The molecule has 1 heterocycles. The first-order valence-corrected chi connectivity index (χ1v) is 3.96. The maximum absolute atomic E-state index is 5.44. The summed E-state index contributed by atoms with van der Waals surface area (Å²) in [6.07, 6.45) is 13.1. The molecule has 0 aromatic carbocycles. The molecule has 0 N–H and O–H groups in total. The Morgan fingerprint density at radius 2 is 2.50 bits per heavy atom. The Morgan fingerprint density at radius 1 is 1.75 bits per heavy atom. The lowest BCUT2D eigenvalue weighted by Gasteiger charge is -2.00. The number of aromatic nitrogens is 2. The minimum atomic E-state index is 0.00125. The summed E-state index contributed by atoms with van der Waals surface area (Å²) in [4.78, 5) is 0. The number of rotatable bonds is 2. The van der Waals surface area contributed by atoms with Gasteiger partial charge < -0.3 is 0 Å². The van der Waals surface area contributed by atoms with Crippen molar-refractivity contribution < 1.29 is 0 Å². The first-order chi connectivity index (χ1) is 5.80. The molecule has 0 saturated heterocycles. The highest BCUT2D eigenvalue weighted by Crippen LogP contribution is 2.47. The number of nitrogens with zero attached hydrogens (tertiary/aromatic N) is 2. The molecular formula is C10H10N2. The molecule has 0 atom stereocenters. The van der Waals surface area contributed by atoms with Gasteiger partial charge in [-0.15, -0.1) is 6.42 Å². The van der Waals surface area contributed by atoms with Crippen LogP contribution in [0.5, 0.6) is 0 Å². The van der Waals surface area contributed by atoms with Gasteiger partial charge in [-0.3, -0.25) is 0 Å². The largest absolute Gasteiger partial charge is 0.249 e. The molecule has 1 aromatic heterocycles. The van der Waals surface area contributed by atoms with Gasteiger partial charge in [0.25, 0.3) is 0 Å². The van der Waals surface area contributed by atoms with Crippen molar-refractivity contribution in [2.24, 2.45) is 0 Å². The molecule has 2 heteroatoms. The van der Waals surface area contributed by atoms with Crippen LogP contribution in [0.1, 0.15) is 18.4 Å². The summed E-state index contributed by atoms with van der Waals surface area (Å²) < 4.78 is 1.69. The van der Waals surface area contributed by atoms with Gasteiger partial charge in [0, 0.05) is 18.0 Å². The lowest BCUT2D eigenvalue weighted by atomic mass is 10.0. The standard InChI is InChI=1S/C10H10N2/c1-3-10(5-6-10)9-7-11-12(4-2)8-9/h1,4,7-8H,2,5-6H2. The normalized spacial score (nSPS) is 18.2. The lowest BCUT2D eigenvalue weighted by molar-refractivity contribution is 0.921. The third kappa shape index (κ3) is 0.868. The van der Waals surface area contributed by atoms with E-state index >= 15 is 0 Å². The molecule has 0 aliphatic heterocycles. The number of hydrogen-bond acceptors (Lipinski definition) is 1. The molecule has 1 saturated carbocycles. The van der Waals surface area contributed by atoms with E-state index in [0.29, 0.717) is 0 Å². The maximum Gasteiger partial charge on any atom is 0.0592 e. The van der Waals surface area contributed by atoms with Gasteiger partial charge in [0.2, 0.25) is 0 Å². The van der Waals surface area contributed by atoms with E-state index in [1.165, 1.54) is 0 Å². The van der Waals surface area contributed by atoms with Crippen molar-refractivity contribution in [3.63, 3.8) is 0 Å². The van der Waals surface area contributed by atoms with Crippen LogP contribution in [-0.2, 0) is 5.41 Å². The van der Waals surface area contributed by atoms with Gasteiger partial charge in [-0.2, -0.15) is 5.10 Å². The van der Waals surface area contributed by atoms with Crippen molar-refractivity contribution in [1.29, 1.82) is 0 Å². The van der Waals surface area contributed by atoms with Crippen LogP contribution in [0.2, 0.25) is 0 Å². The van der Waals surface area contributed by atoms with Crippen molar-refractivity contribution >= 4 is 6.20 Å². The van der Waals surface area contributed by atoms with Crippen LogP contribution in [0.25, 0.3) is 6.20 Å². The molecule has 2 nitrogen and oxygen atoms in total. The molecule has 0 radical (unpaired) electrons. The fourth-order valence-corrected chi connectivity index (χ4v) is 1.33. The van der Waals surface area contributed by atoms with Crippen molar-refractivity contribution in [3.05, 3.63) is 24.5 Å². The van der Waals surface area contributed by atoms with E-state index in [9.17, 15) is 0 Å². The predicted molar refractivity (Wildman–Crippen MR) is 48.4 cm³/mol. The fourth-order valence-electron chi connectivity index (χ4n) is 1.33. The third-order valence-corrected chi connectivity index (χ3v) is 2.37. The Bertz CT molecular complexity index is 350. The minimum absolute atomic E-state index is 0.00125. The lowest BCUT2D eigenvalue weighted by Crippen LogP contribution is -1.99. The van der Waals surface area contributed by atoms with Crippen LogP contribution in [0.3, 0.4) is 0 Å². The van der Waals surface area contributed by atoms with Crippen LogP contribution < -0.4 is 0 Å². The summed E-state index contributed by atoms with van der Waals surface area (Å²) in [5.41, 5.74) is 1.14. The molecule has 60 valence electrons. The van der Waals surface area contributed by atoms with E-state index < -0.39 is 0 Å². The zero-order valence-corrected chi connectivity index (χ0v) is 6.83. The van der Waals surface area contributed by atoms with Crippen LogP contribution in [0.15, 0.2) is 19.0 Å². The summed E-state index contributed by atoms with van der Waals surface area (Å²) in [5.74, 6) is 2.82. The summed E-state index contributed by atoms with van der Waals surface area (Å²) in [5, 5.41) is 4.09. The molecule has 2 rings (SSSR count). The molecule has 1 fully saturated rings. The van der Waals surface area contributed by atoms with E-state index in [1.807, 2.05) is 12.4 Å². The van der Waals surface area contributed by atoms with Gasteiger partial charge in [0.1, 0.15) is 0 Å². The van der Waals surface area contributed by atoms with Crippen molar-refractivity contribution in [2.45, 2.75) is 18.3 Å². The van der Waals surface area contributed by atoms with Gasteiger partial charge in [0.15, 0.2) is 0 Å². The highest BCUT2D eigenvalue weighted by molar-refractivity contribution is 5.39. The van der Waals surface area contributed by atoms with Crippen LogP contribution in [0.4, 0.5) is 0 Å². The van der Waals surface area contributed by atoms with Crippen LogP contribution >= 0.6 is 0 Å². The minimum Gasteiger partial charge on any atom is -0.249 e. The number of terminal acetylenes is 1. The van der Waals surface area contributed by atoms with Gasteiger partial charge in [0.05, 0.1) is 11.6 Å². The zero-order chi connectivity index (χ0) is 8.60. The maximum atomic E-state index is 5.44. The molecule has 0 spiro atoms. The second kappa shape index (κ2) is 2.25. The highest BCUT2D eigenvalue weighted by atomic mass is 15.2. The molecule has 1 aliphatic carbocycles. The topological polar surface area (TPSA) is 17.8 Å². The van der Waals surface area contributed by atoms with E-state index in [1.54, 1.807) is 10.9 Å². The summed E-state index contributed by atoms with van der Waals surface area (Å²) in [6.45, 7) is 3.62. The second-order valence-corrected chi connectivity index (χ2v) is 3.12. The van der Waals surface area contributed by atoms with Crippen LogP contribution in [-0.4, -0.2) is 9.78 Å². The molecule has 1 aliphatic rings. The SMILES string of the molecule is C#CC1(c2cnn(C=C)c2)CC1. The Kier molecular flexibility index (Phi) is 1.34. The van der Waals surface area contributed by atoms with Crippen molar-refractivity contribution in [1.82, 2.24) is 9.78 Å². The summed E-state index contributed by atoms with van der Waals surface area (Å²) in [6, 6.07) is 0. The average molecular weight is 158 g/mol. The Balaban J connectivity index is 2.36. The monoisotopic (exact) mass is 158 g/mol. The third-order valence-electron chi connectivity index (χ3n) is 2.37. The van der Waals surface area contributed by atoms with Crippen molar-refractivity contribution in [2.75, 3.05) is 0 Å². The van der Waals surface area contributed by atoms with E-state index in [-0.39, 0.29) is 5.41 Å². The van der Waals surface area contributed by atoms with Gasteiger partial charge in [-0.05, 0) is 12.8 Å². The molecular weight excluding hydrogens is 148 g/mol. The summed E-state index contributed by atoms with van der Waals surface area (Å²) >= 11 is 0.